The Morgan fingerprint density at radius 2 is 1.90 bits per heavy atom. The molecule has 0 saturated heterocycles. The molecule has 0 unspecified atom stereocenters. The second-order valence-electron chi connectivity index (χ2n) is 4.05. The zero-order valence-electron chi connectivity index (χ0n) is 11.1. The first kappa shape index (κ1) is 14.9. The zero-order chi connectivity index (χ0) is 15.2. The summed E-state index contributed by atoms with van der Waals surface area (Å²) >= 11 is 1.46. The third-order valence-corrected chi connectivity index (χ3v) is 3.51. The average Bonchev–Trinajstić information content (AvgIpc) is 3.01. The molecule has 2 N–H and O–H groups in total. The molecule has 0 aliphatic heterocycles. The number of halogens is 1. The lowest BCUT2D eigenvalue weighted by Gasteiger charge is -2.05. The van der Waals surface area contributed by atoms with E-state index in [1.165, 1.54) is 29.5 Å². The van der Waals surface area contributed by atoms with Gasteiger partial charge in [0.1, 0.15) is 5.82 Å². The second-order valence-corrected chi connectivity index (χ2v) is 5.00. The van der Waals surface area contributed by atoms with Gasteiger partial charge in [-0.2, -0.15) is 5.10 Å². The molecule has 1 aromatic carbocycles. The van der Waals surface area contributed by atoms with Crippen LogP contribution in [0.15, 0.2) is 46.9 Å². The summed E-state index contributed by atoms with van der Waals surface area (Å²) in [5.74, 6) is -2.56. The van der Waals surface area contributed by atoms with E-state index in [2.05, 4.69) is 15.8 Å². The number of anilines is 1. The Hall–Kier alpha value is -2.54. The Morgan fingerprint density at radius 1 is 1.14 bits per heavy atom. The number of benzene rings is 1. The fourth-order valence-electron chi connectivity index (χ4n) is 1.47. The number of hydrogen-bond acceptors (Lipinski definition) is 4. The highest BCUT2D eigenvalue weighted by Crippen LogP contribution is 2.12. The Bertz CT molecular complexity index is 683. The number of nitrogens with one attached hydrogen (secondary N) is 2. The van der Waals surface area contributed by atoms with Crippen molar-refractivity contribution in [3.63, 3.8) is 0 Å². The molecule has 21 heavy (non-hydrogen) atoms. The summed E-state index contributed by atoms with van der Waals surface area (Å²) in [5, 5.41) is 7.88. The fourth-order valence-corrected chi connectivity index (χ4v) is 2.14. The highest BCUT2D eigenvalue weighted by Gasteiger charge is 2.15. The molecule has 0 aliphatic rings. The van der Waals surface area contributed by atoms with Crippen LogP contribution in [-0.2, 0) is 9.59 Å². The molecule has 2 amide bonds. The van der Waals surface area contributed by atoms with Crippen LogP contribution in [-0.4, -0.2) is 17.5 Å². The molecule has 0 fully saturated rings. The first-order chi connectivity index (χ1) is 10.1. The third kappa shape index (κ3) is 3.96. The summed E-state index contributed by atoms with van der Waals surface area (Å²) in [6.07, 6.45) is 0. The Labute approximate surface area is 124 Å². The van der Waals surface area contributed by atoms with Crippen molar-refractivity contribution in [1.29, 1.82) is 0 Å². The molecule has 2 aromatic rings. The van der Waals surface area contributed by atoms with Gasteiger partial charge in [-0.05, 0) is 30.5 Å². The predicted octanol–water partition coefficient (Wildman–Crippen LogP) is 2.37. The van der Waals surface area contributed by atoms with Crippen LogP contribution >= 0.6 is 11.3 Å². The quantitative estimate of drug-likeness (QED) is 0.519. The highest BCUT2D eigenvalue weighted by atomic mass is 32.1. The van der Waals surface area contributed by atoms with Gasteiger partial charge in [0, 0.05) is 4.88 Å². The van der Waals surface area contributed by atoms with Gasteiger partial charge in [0.15, 0.2) is 0 Å². The molecule has 0 spiro atoms. The molecular formula is C14H12FN3O2S. The van der Waals surface area contributed by atoms with Crippen molar-refractivity contribution >= 4 is 34.6 Å². The Kier molecular flexibility index (Phi) is 4.78. The van der Waals surface area contributed by atoms with Crippen molar-refractivity contribution in [2.45, 2.75) is 6.92 Å². The predicted molar refractivity (Wildman–Crippen MR) is 79.7 cm³/mol. The summed E-state index contributed by atoms with van der Waals surface area (Å²) in [7, 11) is 0. The number of nitrogens with zero attached hydrogens (tertiary/aromatic N) is 1. The maximum Gasteiger partial charge on any atom is 0.329 e. The van der Waals surface area contributed by atoms with Crippen molar-refractivity contribution in [1.82, 2.24) is 5.43 Å². The lowest BCUT2D eigenvalue weighted by atomic mass is 10.3. The Balaban J connectivity index is 1.96. The topological polar surface area (TPSA) is 70.6 Å². The molecule has 1 heterocycles. The van der Waals surface area contributed by atoms with Gasteiger partial charge in [-0.3, -0.25) is 9.59 Å². The molecule has 0 aliphatic carbocycles. The van der Waals surface area contributed by atoms with E-state index in [-0.39, 0.29) is 5.69 Å². The summed E-state index contributed by atoms with van der Waals surface area (Å²) < 4.78 is 13.3. The number of para-hydroxylation sites is 1. The number of carbonyl (C=O) groups is 2. The first-order valence-electron chi connectivity index (χ1n) is 6.02. The third-order valence-electron chi connectivity index (χ3n) is 2.53. The molecule has 0 radical (unpaired) electrons. The minimum absolute atomic E-state index is 0.0587. The van der Waals surface area contributed by atoms with Crippen LogP contribution in [0.3, 0.4) is 0 Å². The zero-order valence-corrected chi connectivity index (χ0v) is 11.9. The molecule has 7 heteroatoms. The van der Waals surface area contributed by atoms with E-state index in [4.69, 9.17) is 0 Å². The summed E-state index contributed by atoms with van der Waals surface area (Å²) in [5.41, 5.74) is 2.65. The van der Waals surface area contributed by atoms with Gasteiger partial charge in [-0.1, -0.05) is 18.2 Å². The summed E-state index contributed by atoms with van der Waals surface area (Å²) in [6.45, 7) is 1.71. The lowest BCUT2D eigenvalue weighted by molar-refractivity contribution is -0.136. The lowest BCUT2D eigenvalue weighted by Crippen LogP contribution is -2.33. The standard InChI is InChI=1S/C14H12FN3O2S/c1-9(12-7-4-8-21-12)17-18-14(20)13(19)16-11-6-3-2-5-10(11)15/h2-8H,1H3,(H,16,19)(H,18,20)/b17-9-. The van der Waals surface area contributed by atoms with Gasteiger partial charge in [-0.25, -0.2) is 9.82 Å². The van der Waals surface area contributed by atoms with Crippen LogP contribution in [0.4, 0.5) is 10.1 Å². The smallest absolute Gasteiger partial charge is 0.315 e. The van der Waals surface area contributed by atoms with Crippen molar-refractivity contribution in [2.24, 2.45) is 5.10 Å². The number of hydrogen-bond donors (Lipinski definition) is 2. The fraction of sp³-hybridized carbons (Fsp3) is 0.0714. The monoisotopic (exact) mass is 305 g/mol. The number of carbonyl (C=O) groups excluding carboxylic acids is 2. The Morgan fingerprint density at radius 3 is 2.57 bits per heavy atom. The molecule has 0 bridgehead atoms. The van der Waals surface area contributed by atoms with Gasteiger partial charge < -0.3 is 5.32 Å². The summed E-state index contributed by atoms with van der Waals surface area (Å²) in [4.78, 5) is 24.1. The van der Waals surface area contributed by atoms with Crippen LogP contribution < -0.4 is 10.7 Å². The van der Waals surface area contributed by atoms with E-state index in [0.29, 0.717) is 5.71 Å². The molecule has 0 saturated carbocycles. The molecule has 0 atom stereocenters. The molecule has 2 rings (SSSR count). The van der Waals surface area contributed by atoms with Gasteiger partial charge in [-0.15, -0.1) is 11.3 Å². The first-order valence-corrected chi connectivity index (χ1v) is 6.90. The van der Waals surface area contributed by atoms with Gasteiger partial charge >= 0.3 is 11.8 Å². The van der Waals surface area contributed by atoms with Gasteiger partial charge in [0.05, 0.1) is 11.4 Å². The largest absolute Gasteiger partial charge is 0.329 e. The number of thiophene rings is 1. The van der Waals surface area contributed by atoms with Crippen LogP contribution in [0.5, 0.6) is 0 Å². The van der Waals surface area contributed by atoms with Crippen molar-refractivity contribution in [3.8, 4) is 0 Å². The van der Waals surface area contributed by atoms with E-state index in [0.717, 1.165) is 4.88 Å². The van der Waals surface area contributed by atoms with Crippen LogP contribution in [0.2, 0.25) is 0 Å². The van der Waals surface area contributed by atoms with Gasteiger partial charge in [0.25, 0.3) is 0 Å². The normalized spacial score (nSPS) is 11.0. The van der Waals surface area contributed by atoms with E-state index in [1.807, 2.05) is 17.5 Å². The van der Waals surface area contributed by atoms with E-state index in [1.54, 1.807) is 13.0 Å². The SMILES string of the molecule is C/C(=N/NC(=O)C(=O)Nc1ccccc1F)c1cccs1. The number of rotatable bonds is 3. The molecule has 108 valence electrons. The second kappa shape index (κ2) is 6.76. The molecular weight excluding hydrogens is 293 g/mol. The van der Waals surface area contributed by atoms with E-state index >= 15 is 0 Å². The van der Waals surface area contributed by atoms with E-state index in [9.17, 15) is 14.0 Å². The van der Waals surface area contributed by atoms with Gasteiger partial charge in [0.2, 0.25) is 0 Å². The number of hydrazone groups is 1. The average molecular weight is 305 g/mol. The van der Waals surface area contributed by atoms with Crippen LogP contribution in [0, 0.1) is 5.82 Å². The van der Waals surface area contributed by atoms with Crippen LogP contribution in [0.25, 0.3) is 0 Å². The molecule has 5 nitrogen and oxygen atoms in total. The van der Waals surface area contributed by atoms with E-state index < -0.39 is 17.6 Å². The highest BCUT2D eigenvalue weighted by molar-refractivity contribution is 7.12. The number of amides is 2. The minimum Gasteiger partial charge on any atom is -0.315 e. The van der Waals surface area contributed by atoms with Crippen molar-refractivity contribution in [2.75, 3.05) is 5.32 Å². The van der Waals surface area contributed by atoms with Crippen LogP contribution in [0.1, 0.15) is 11.8 Å². The van der Waals surface area contributed by atoms with Crippen molar-refractivity contribution < 1.29 is 14.0 Å². The van der Waals surface area contributed by atoms with Crippen molar-refractivity contribution in [3.05, 3.63) is 52.5 Å². The molecule has 1 aromatic heterocycles. The minimum atomic E-state index is -0.983. The maximum absolute atomic E-state index is 13.3. The maximum atomic E-state index is 13.3. The summed E-state index contributed by atoms with van der Waals surface area (Å²) in [6, 6.07) is 9.28.